The van der Waals surface area contributed by atoms with Crippen molar-refractivity contribution in [2.75, 3.05) is 32.8 Å². The van der Waals surface area contributed by atoms with Crippen LogP contribution in [0.3, 0.4) is 0 Å². The third-order valence-electron chi connectivity index (χ3n) is 6.63. The third kappa shape index (κ3) is 3.82. The van der Waals surface area contributed by atoms with E-state index in [9.17, 15) is 14.4 Å². The molecule has 0 aromatic heterocycles. The molecular weight excluding hydrogens is 408 g/mol. The van der Waals surface area contributed by atoms with Crippen LogP contribution in [0.1, 0.15) is 28.3 Å². The van der Waals surface area contributed by atoms with E-state index in [4.69, 9.17) is 10.5 Å². The molecule has 32 heavy (non-hydrogen) atoms. The maximum Gasteiger partial charge on any atom is 0.320 e. The van der Waals surface area contributed by atoms with Gasteiger partial charge in [0.25, 0.3) is 0 Å². The summed E-state index contributed by atoms with van der Waals surface area (Å²) in [5.41, 5.74) is 8.93. The smallest absolute Gasteiger partial charge is 0.320 e. The number of carbonyl (C=O) groups excluding carboxylic acids is 3. The van der Waals surface area contributed by atoms with Gasteiger partial charge in [0.05, 0.1) is 12.1 Å². The normalized spacial score (nSPS) is 23.2. The van der Waals surface area contributed by atoms with Crippen molar-refractivity contribution in [3.05, 3.63) is 59.7 Å². The Kier molecular flexibility index (Phi) is 5.30. The molecule has 0 radical (unpaired) electrons. The van der Waals surface area contributed by atoms with Gasteiger partial charge in [-0.3, -0.25) is 9.59 Å². The number of ether oxygens (including phenoxy) is 1. The van der Waals surface area contributed by atoms with E-state index in [0.29, 0.717) is 31.7 Å². The van der Waals surface area contributed by atoms with Crippen molar-refractivity contribution in [1.29, 1.82) is 0 Å². The number of benzene rings is 2. The number of rotatable bonds is 3. The molecule has 8 nitrogen and oxygen atoms in total. The molecule has 3 saturated heterocycles. The molecule has 3 fully saturated rings. The highest BCUT2D eigenvalue weighted by Gasteiger charge is 2.40. The summed E-state index contributed by atoms with van der Waals surface area (Å²) in [7, 11) is 0. The maximum absolute atomic E-state index is 12.9. The largest absolute Gasteiger partial charge is 0.366 e. The van der Waals surface area contributed by atoms with Crippen molar-refractivity contribution < 1.29 is 19.1 Å². The number of carbonyl (C=O) groups is 3. The number of morpholine rings is 1. The molecule has 0 bridgehead atoms. The highest BCUT2D eigenvalue weighted by Crippen LogP contribution is 2.31. The summed E-state index contributed by atoms with van der Waals surface area (Å²) in [6.07, 6.45) is 0.737. The van der Waals surface area contributed by atoms with Gasteiger partial charge in [-0.1, -0.05) is 42.5 Å². The van der Waals surface area contributed by atoms with Gasteiger partial charge in [-0.15, -0.1) is 0 Å². The van der Waals surface area contributed by atoms with Crippen LogP contribution in [0.15, 0.2) is 48.5 Å². The van der Waals surface area contributed by atoms with Gasteiger partial charge < -0.3 is 25.6 Å². The van der Waals surface area contributed by atoms with Gasteiger partial charge >= 0.3 is 6.03 Å². The fraction of sp³-hybridized carbons (Fsp3) is 0.375. The van der Waals surface area contributed by atoms with E-state index in [-0.39, 0.29) is 36.6 Å². The van der Waals surface area contributed by atoms with Crippen LogP contribution >= 0.6 is 0 Å². The summed E-state index contributed by atoms with van der Waals surface area (Å²) in [5.74, 6) is -0.276. The zero-order valence-corrected chi connectivity index (χ0v) is 17.7. The quantitative estimate of drug-likeness (QED) is 0.765. The molecule has 2 unspecified atom stereocenters. The number of hydrogen-bond acceptors (Lipinski definition) is 4. The van der Waals surface area contributed by atoms with Gasteiger partial charge in [0.1, 0.15) is 6.61 Å². The number of likely N-dealkylation sites (tertiary alicyclic amines) is 2. The second-order valence-electron chi connectivity index (χ2n) is 8.67. The van der Waals surface area contributed by atoms with Crippen molar-refractivity contribution in [2.45, 2.75) is 24.5 Å². The van der Waals surface area contributed by atoms with Gasteiger partial charge in [0, 0.05) is 37.7 Å². The summed E-state index contributed by atoms with van der Waals surface area (Å²) in [5, 5.41) is 2.94. The zero-order chi connectivity index (χ0) is 22.2. The average Bonchev–Trinajstić information content (AvgIpc) is 2.78. The number of nitrogens with zero attached hydrogens (tertiary/aromatic N) is 2. The minimum Gasteiger partial charge on any atom is -0.366 e. The van der Waals surface area contributed by atoms with Gasteiger partial charge in [-0.05, 0) is 29.2 Å². The number of fused-ring (bicyclic) bond motifs is 1. The Morgan fingerprint density at radius 1 is 1.00 bits per heavy atom. The fourth-order valence-corrected chi connectivity index (χ4v) is 4.80. The number of hydrogen-bond donors (Lipinski definition) is 2. The number of amides is 4. The van der Waals surface area contributed by atoms with Crippen molar-refractivity contribution in [3.63, 3.8) is 0 Å². The van der Waals surface area contributed by atoms with Crippen LogP contribution in [-0.2, 0) is 9.53 Å². The van der Waals surface area contributed by atoms with Crippen LogP contribution in [0, 0.1) is 0 Å². The topological polar surface area (TPSA) is 105 Å². The van der Waals surface area contributed by atoms with Gasteiger partial charge in [0.2, 0.25) is 11.8 Å². The first-order valence-electron chi connectivity index (χ1n) is 10.9. The zero-order valence-electron chi connectivity index (χ0n) is 17.7. The van der Waals surface area contributed by atoms with Crippen LogP contribution in [0.2, 0.25) is 0 Å². The Labute approximate surface area is 186 Å². The van der Waals surface area contributed by atoms with Crippen molar-refractivity contribution in [3.8, 4) is 11.1 Å². The number of primary amides is 1. The molecule has 2 aromatic carbocycles. The first kappa shape index (κ1) is 20.5. The van der Waals surface area contributed by atoms with Crippen LogP contribution in [0.5, 0.6) is 0 Å². The van der Waals surface area contributed by atoms with Crippen LogP contribution in [0.25, 0.3) is 11.1 Å². The number of piperidine rings is 1. The lowest BCUT2D eigenvalue weighted by molar-refractivity contribution is -0.139. The number of nitrogens with two attached hydrogens (primary N) is 1. The molecule has 4 amide bonds. The SMILES string of the molecule is NC(=O)c1ccccc1-c1ccc(C2CN(C(=O)N3CCC4OCC(=O)NC4C3)C2)cc1. The highest BCUT2D eigenvalue weighted by molar-refractivity contribution is 5.99. The van der Waals surface area contributed by atoms with Crippen molar-refractivity contribution >= 4 is 17.8 Å². The van der Waals surface area contributed by atoms with E-state index in [1.165, 1.54) is 5.56 Å². The second-order valence-corrected chi connectivity index (χ2v) is 8.67. The minimum absolute atomic E-state index is 0.000835. The lowest BCUT2D eigenvalue weighted by Crippen LogP contribution is -2.63. The Balaban J connectivity index is 1.19. The Morgan fingerprint density at radius 2 is 1.75 bits per heavy atom. The van der Waals surface area contributed by atoms with E-state index in [1.54, 1.807) is 12.1 Å². The second kappa shape index (κ2) is 8.27. The molecule has 0 aliphatic carbocycles. The molecule has 0 spiro atoms. The lowest BCUT2D eigenvalue weighted by atomic mass is 9.89. The molecule has 166 valence electrons. The first-order chi connectivity index (χ1) is 15.5. The molecule has 5 rings (SSSR count). The lowest BCUT2D eigenvalue weighted by Gasteiger charge is -2.46. The number of nitrogens with one attached hydrogen (secondary N) is 1. The maximum atomic E-state index is 12.9. The summed E-state index contributed by atoms with van der Waals surface area (Å²) in [4.78, 5) is 39.9. The molecule has 3 aliphatic heterocycles. The summed E-state index contributed by atoms with van der Waals surface area (Å²) in [6.45, 7) is 2.58. The van der Waals surface area contributed by atoms with Gasteiger partial charge in [-0.2, -0.15) is 0 Å². The standard InChI is InChI=1S/C24H26N4O4/c25-23(30)19-4-2-1-3-18(19)16-7-5-15(6-8-16)17-11-28(12-17)24(31)27-10-9-21-20(13-27)26-22(29)14-32-21/h1-8,17,20-21H,9-14H2,(H2,25,30)(H,26,29). The fourth-order valence-electron chi connectivity index (χ4n) is 4.80. The van der Waals surface area contributed by atoms with E-state index in [0.717, 1.165) is 17.5 Å². The summed E-state index contributed by atoms with van der Waals surface area (Å²) >= 11 is 0. The first-order valence-corrected chi connectivity index (χ1v) is 10.9. The summed E-state index contributed by atoms with van der Waals surface area (Å²) in [6, 6.07) is 15.3. The molecular formula is C24H26N4O4. The third-order valence-corrected chi connectivity index (χ3v) is 6.63. The van der Waals surface area contributed by atoms with Gasteiger partial charge in [0.15, 0.2) is 0 Å². The molecule has 3 heterocycles. The van der Waals surface area contributed by atoms with Crippen LogP contribution in [0.4, 0.5) is 4.79 Å². The molecule has 2 atom stereocenters. The van der Waals surface area contributed by atoms with E-state index in [1.807, 2.05) is 34.1 Å². The summed E-state index contributed by atoms with van der Waals surface area (Å²) < 4.78 is 5.57. The molecule has 8 heteroatoms. The monoisotopic (exact) mass is 434 g/mol. The Bertz CT molecular complexity index is 1050. The predicted molar refractivity (Wildman–Crippen MR) is 118 cm³/mol. The van der Waals surface area contributed by atoms with Gasteiger partial charge in [-0.25, -0.2) is 4.79 Å². The highest BCUT2D eigenvalue weighted by atomic mass is 16.5. The van der Waals surface area contributed by atoms with Crippen molar-refractivity contribution in [2.24, 2.45) is 5.73 Å². The van der Waals surface area contributed by atoms with E-state index >= 15 is 0 Å². The van der Waals surface area contributed by atoms with Crippen molar-refractivity contribution in [1.82, 2.24) is 15.1 Å². The molecule has 3 N–H and O–H groups in total. The van der Waals surface area contributed by atoms with Crippen LogP contribution in [-0.4, -0.2) is 72.6 Å². The van der Waals surface area contributed by atoms with E-state index < -0.39 is 5.91 Å². The van der Waals surface area contributed by atoms with E-state index in [2.05, 4.69) is 17.4 Å². The Hall–Kier alpha value is -3.39. The van der Waals surface area contributed by atoms with Crippen LogP contribution < -0.4 is 11.1 Å². The average molecular weight is 434 g/mol. The molecule has 3 aliphatic rings. The number of urea groups is 1. The minimum atomic E-state index is -0.443. The molecule has 2 aromatic rings. The predicted octanol–water partition coefficient (Wildman–Crippen LogP) is 1.56. The Morgan fingerprint density at radius 3 is 2.50 bits per heavy atom. The molecule has 0 saturated carbocycles.